The fourth-order valence-corrected chi connectivity index (χ4v) is 4.19. The van der Waals surface area contributed by atoms with Gasteiger partial charge in [0.05, 0.1) is 5.69 Å². The molecule has 116 valence electrons. The minimum Gasteiger partial charge on any atom is -0.363 e. The molecule has 1 aromatic carbocycles. The number of thioether (sulfide) groups is 1. The van der Waals surface area contributed by atoms with Gasteiger partial charge in [-0.05, 0) is 18.2 Å². The molecule has 7 heteroatoms. The second-order valence-electron chi connectivity index (χ2n) is 5.36. The number of aliphatic imine (C=N–C) groups is 1. The number of hydrogen-bond acceptors (Lipinski definition) is 6. The molecule has 0 saturated carbocycles. The van der Waals surface area contributed by atoms with E-state index in [0.29, 0.717) is 22.2 Å². The smallest absolute Gasteiger partial charge is 0.225 e. The Morgan fingerprint density at radius 2 is 2.09 bits per heavy atom. The molecular formula is C16H14N4O2S. The predicted molar refractivity (Wildman–Crippen MR) is 90.2 cm³/mol. The van der Waals surface area contributed by atoms with Crippen molar-refractivity contribution in [3.63, 3.8) is 0 Å². The maximum absolute atomic E-state index is 12.1. The van der Waals surface area contributed by atoms with E-state index in [9.17, 15) is 9.90 Å². The summed E-state index contributed by atoms with van der Waals surface area (Å²) in [5.74, 6) is 0.519. The minimum absolute atomic E-state index is 0.125. The topological polar surface area (TPSA) is 77.8 Å². The summed E-state index contributed by atoms with van der Waals surface area (Å²) < 4.78 is 0. The summed E-state index contributed by atoms with van der Waals surface area (Å²) in [7, 11) is 0. The molecule has 2 atom stereocenters. The van der Waals surface area contributed by atoms with E-state index < -0.39 is 11.1 Å². The number of para-hydroxylation sites is 1. The van der Waals surface area contributed by atoms with Crippen molar-refractivity contribution in [1.82, 2.24) is 4.98 Å². The van der Waals surface area contributed by atoms with Crippen LogP contribution in [-0.4, -0.2) is 26.5 Å². The molecule has 0 saturated heterocycles. The van der Waals surface area contributed by atoms with E-state index in [2.05, 4.69) is 15.3 Å². The molecule has 0 radical (unpaired) electrons. The number of amides is 1. The van der Waals surface area contributed by atoms with Crippen molar-refractivity contribution in [3.05, 3.63) is 54.2 Å². The highest BCUT2D eigenvalue weighted by molar-refractivity contribution is 8.15. The van der Waals surface area contributed by atoms with Gasteiger partial charge in [-0.25, -0.2) is 9.98 Å². The zero-order valence-corrected chi connectivity index (χ0v) is 13.1. The van der Waals surface area contributed by atoms with Crippen molar-refractivity contribution < 1.29 is 9.90 Å². The van der Waals surface area contributed by atoms with Gasteiger partial charge in [-0.15, -0.1) is 0 Å². The van der Waals surface area contributed by atoms with Gasteiger partial charge in [0.25, 0.3) is 0 Å². The first kappa shape index (κ1) is 14.2. The number of nitrogens with one attached hydrogen (secondary N) is 1. The Kier molecular flexibility index (Phi) is 3.14. The average molecular weight is 326 g/mol. The quantitative estimate of drug-likeness (QED) is 0.839. The maximum Gasteiger partial charge on any atom is 0.225 e. The van der Waals surface area contributed by atoms with Crippen LogP contribution in [0.3, 0.4) is 0 Å². The van der Waals surface area contributed by atoms with Crippen molar-refractivity contribution in [2.24, 2.45) is 4.99 Å². The van der Waals surface area contributed by atoms with Crippen LogP contribution in [0.4, 0.5) is 11.5 Å². The van der Waals surface area contributed by atoms with Crippen LogP contribution < -0.4 is 10.2 Å². The van der Waals surface area contributed by atoms with Gasteiger partial charge in [-0.2, -0.15) is 0 Å². The highest BCUT2D eigenvalue weighted by Gasteiger charge is 2.56. The van der Waals surface area contributed by atoms with E-state index in [0.717, 1.165) is 0 Å². The molecule has 2 aliphatic heterocycles. The second kappa shape index (κ2) is 5.07. The third-order valence-corrected chi connectivity index (χ3v) is 5.05. The Hall–Kier alpha value is -2.38. The van der Waals surface area contributed by atoms with E-state index in [-0.39, 0.29) is 5.91 Å². The van der Waals surface area contributed by atoms with Crippen molar-refractivity contribution in [2.45, 2.75) is 18.0 Å². The molecule has 0 aliphatic carbocycles. The van der Waals surface area contributed by atoms with Crippen molar-refractivity contribution in [1.29, 1.82) is 0 Å². The van der Waals surface area contributed by atoms with E-state index in [4.69, 9.17) is 0 Å². The molecule has 2 aromatic rings. The summed E-state index contributed by atoms with van der Waals surface area (Å²) >= 11 is 1.32. The molecule has 0 fully saturated rings. The van der Waals surface area contributed by atoms with Crippen LogP contribution in [0.5, 0.6) is 0 Å². The summed E-state index contributed by atoms with van der Waals surface area (Å²) in [4.78, 5) is 22.3. The number of aliphatic hydroxyl groups is 1. The number of fused-ring (bicyclic) bond motifs is 3. The molecule has 2 N–H and O–H groups in total. The standard InChI is InChI=1S/C16H14N4O2S/c1-10(21)20-12-7-3-2-6-11(12)16(22)14(20)23-15(19-16)18-13-8-4-5-9-17-13/h2-9,14,22H,1H3,(H,17,18,19). The molecule has 4 rings (SSSR count). The van der Waals surface area contributed by atoms with E-state index in [1.165, 1.54) is 18.7 Å². The number of hydrogen-bond donors (Lipinski definition) is 2. The maximum atomic E-state index is 12.1. The minimum atomic E-state index is -1.44. The molecule has 2 aliphatic rings. The van der Waals surface area contributed by atoms with E-state index in [1.807, 2.05) is 36.4 Å². The second-order valence-corrected chi connectivity index (χ2v) is 6.43. The largest absolute Gasteiger partial charge is 0.363 e. The zero-order valence-electron chi connectivity index (χ0n) is 12.3. The van der Waals surface area contributed by atoms with E-state index in [1.54, 1.807) is 17.2 Å². The number of carbonyl (C=O) groups excluding carboxylic acids is 1. The van der Waals surface area contributed by atoms with Crippen LogP contribution in [0.15, 0.2) is 53.7 Å². The normalized spacial score (nSPS) is 24.9. The predicted octanol–water partition coefficient (Wildman–Crippen LogP) is 2.13. The van der Waals surface area contributed by atoms with Crippen LogP contribution in [0.2, 0.25) is 0 Å². The van der Waals surface area contributed by atoms with Crippen LogP contribution in [-0.2, 0) is 10.5 Å². The molecular weight excluding hydrogens is 312 g/mol. The van der Waals surface area contributed by atoms with Crippen molar-refractivity contribution >= 4 is 34.3 Å². The molecule has 3 heterocycles. The first-order valence-electron chi connectivity index (χ1n) is 7.16. The number of aromatic nitrogens is 1. The number of carbonyl (C=O) groups is 1. The Morgan fingerprint density at radius 1 is 1.30 bits per heavy atom. The highest BCUT2D eigenvalue weighted by Crippen LogP contribution is 2.52. The van der Waals surface area contributed by atoms with Crippen LogP contribution in [0.25, 0.3) is 0 Å². The van der Waals surface area contributed by atoms with Crippen LogP contribution >= 0.6 is 11.8 Å². The number of rotatable bonds is 1. The van der Waals surface area contributed by atoms with Gasteiger partial charge in [0.15, 0.2) is 5.17 Å². The van der Waals surface area contributed by atoms with Gasteiger partial charge in [0.1, 0.15) is 11.2 Å². The van der Waals surface area contributed by atoms with Gasteiger partial charge in [-0.3, -0.25) is 9.69 Å². The van der Waals surface area contributed by atoms with Gasteiger partial charge >= 0.3 is 0 Å². The van der Waals surface area contributed by atoms with Gasteiger partial charge in [0, 0.05) is 18.7 Å². The highest BCUT2D eigenvalue weighted by atomic mass is 32.2. The van der Waals surface area contributed by atoms with Gasteiger partial charge < -0.3 is 10.4 Å². The number of benzene rings is 1. The lowest BCUT2D eigenvalue weighted by Gasteiger charge is -2.24. The van der Waals surface area contributed by atoms with E-state index >= 15 is 0 Å². The molecule has 1 amide bonds. The van der Waals surface area contributed by atoms with Crippen molar-refractivity contribution in [3.8, 4) is 0 Å². The van der Waals surface area contributed by atoms with Crippen molar-refractivity contribution in [2.75, 3.05) is 10.2 Å². The SMILES string of the molecule is CC(=O)N1c2ccccc2C2(O)N=C(Nc3ccccn3)SC12. The number of amidine groups is 1. The van der Waals surface area contributed by atoms with Crippen LogP contribution in [0, 0.1) is 0 Å². The summed E-state index contributed by atoms with van der Waals surface area (Å²) in [5, 5.41) is 14.2. The fourth-order valence-electron chi connectivity index (χ4n) is 2.91. The summed E-state index contributed by atoms with van der Waals surface area (Å²) in [6.07, 6.45) is 1.68. The lowest BCUT2D eigenvalue weighted by molar-refractivity contribution is -0.117. The number of pyridine rings is 1. The summed E-state index contributed by atoms with van der Waals surface area (Å²) in [6, 6.07) is 12.8. The Bertz CT molecular complexity index is 811. The average Bonchev–Trinajstić information content (AvgIpc) is 2.97. The third-order valence-electron chi connectivity index (χ3n) is 3.87. The Balaban J connectivity index is 1.74. The number of anilines is 2. The molecule has 2 unspecified atom stereocenters. The molecule has 6 nitrogen and oxygen atoms in total. The van der Waals surface area contributed by atoms with Crippen LogP contribution in [0.1, 0.15) is 12.5 Å². The monoisotopic (exact) mass is 326 g/mol. The first-order chi connectivity index (χ1) is 11.1. The third kappa shape index (κ3) is 2.12. The summed E-state index contributed by atoms with van der Waals surface area (Å²) in [5.41, 5.74) is -0.0875. The lowest BCUT2D eigenvalue weighted by atomic mass is 10.1. The Labute approximate surface area is 137 Å². The number of nitrogens with zero attached hydrogens (tertiary/aromatic N) is 3. The molecule has 0 bridgehead atoms. The Morgan fingerprint density at radius 3 is 2.83 bits per heavy atom. The lowest BCUT2D eigenvalue weighted by Crippen LogP contribution is -2.41. The van der Waals surface area contributed by atoms with Gasteiger partial charge in [0.2, 0.25) is 11.6 Å². The summed E-state index contributed by atoms with van der Waals surface area (Å²) in [6.45, 7) is 1.49. The fraction of sp³-hybridized carbons (Fsp3) is 0.188. The van der Waals surface area contributed by atoms with Gasteiger partial charge in [-0.1, -0.05) is 36.0 Å². The molecule has 23 heavy (non-hydrogen) atoms. The first-order valence-corrected chi connectivity index (χ1v) is 8.04. The molecule has 1 aromatic heterocycles. The zero-order chi connectivity index (χ0) is 16.0. The molecule has 0 spiro atoms.